The van der Waals surface area contributed by atoms with Crippen molar-refractivity contribution in [2.24, 2.45) is 0 Å². The second kappa shape index (κ2) is 8.86. The Balaban J connectivity index is 1.66. The van der Waals surface area contributed by atoms with E-state index in [0.717, 1.165) is 36.3 Å². The lowest BCUT2D eigenvalue weighted by Crippen LogP contribution is -2.42. The Bertz CT molecular complexity index is 953. The first kappa shape index (κ1) is 23.1. The summed E-state index contributed by atoms with van der Waals surface area (Å²) < 4.78 is 45.1. The van der Waals surface area contributed by atoms with Gasteiger partial charge in [0.1, 0.15) is 5.60 Å². The van der Waals surface area contributed by atoms with E-state index < -0.39 is 28.7 Å². The minimum atomic E-state index is -4.62. The highest BCUT2D eigenvalue weighted by atomic mass is 32.1. The standard InChI is InChI=1S/C21H24F3N3O3S/c1-20(2,3)30-19(29)27-10-6-7-13(27)11-25-18-26-12-16(31-18)17(28)14-8-4-5-9-15(14)21(22,23)24/h4-5,8-9,12-13H,6-7,10-11H2,1-3H3,(H,25,26)/t13-/m0/s1. The number of amides is 1. The predicted molar refractivity (Wildman–Crippen MR) is 111 cm³/mol. The summed E-state index contributed by atoms with van der Waals surface area (Å²) in [5.74, 6) is -0.727. The van der Waals surface area contributed by atoms with Gasteiger partial charge in [-0.2, -0.15) is 13.2 Å². The third kappa shape index (κ3) is 5.75. The zero-order valence-corrected chi connectivity index (χ0v) is 18.3. The molecule has 0 aliphatic carbocycles. The molecule has 2 aromatic rings. The number of ether oxygens (including phenoxy) is 1. The van der Waals surface area contributed by atoms with Crippen LogP contribution < -0.4 is 5.32 Å². The van der Waals surface area contributed by atoms with Crippen LogP contribution in [0, 0.1) is 0 Å². The summed E-state index contributed by atoms with van der Waals surface area (Å²) in [6, 6.07) is 4.60. The number of thiazole rings is 1. The number of hydrogen-bond acceptors (Lipinski definition) is 6. The molecule has 10 heteroatoms. The third-order valence-electron chi connectivity index (χ3n) is 4.70. The maximum atomic E-state index is 13.2. The lowest BCUT2D eigenvalue weighted by molar-refractivity contribution is -0.137. The summed E-state index contributed by atoms with van der Waals surface area (Å²) in [5, 5.41) is 3.50. The molecule has 6 nitrogen and oxygen atoms in total. The molecule has 1 aromatic carbocycles. The molecular formula is C21H24F3N3O3S. The van der Waals surface area contributed by atoms with Crippen molar-refractivity contribution in [3.63, 3.8) is 0 Å². The number of hydrogen-bond donors (Lipinski definition) is 1. The molecular weight excluding hydrogens is 431 g/mol. The van der Waals surface area contributed by atoms with Crippen LogP contribution in [0.3, 0.4) is 0 Å². The van der Waals surface area contributed by atoms with E-state index in [-0.39, 0.29) is 17.0 Å². The van der Waals surface area contributed by atoms with E-state index in [1.54, 1.807) is 25.7 Å². The number of aromatic nitrogens is 1. The summed E-state index contributed by atoms with van der Waals surface area (Å²) in [6.07, 6.45) is -2.09. The Hall–Kier alpha value is -2.62. The van der Waals surface area contributed by atoms with Crippen molar-refractivity contribution in [3.8, 4) is 0 Å². The zero-order chi connectivity index (χ0) is 22.8. The quantitative estimate of drug-likeness (QED) is 0.627. The molecule has 1 atom stereocenters. The van der Waals surface area contributed by atoms with Crippen molar-refractivity contribution in [2.45, 2.75) is 51.4 Å². The van der Waals surface area contributed by atoms with Crippen LogP contribution in [0.2, 0.25) is 0 Å². The van der Waals surface area contributed by atoms with Crippen molar-refractivity contribution in [3.05, 3.63) is 46.5 Å². The van der Waals surface area contributed by atoms with Crippen molar-refractivity contribution >= 4 is 28.3 Å². The van der Waals surface area contributed by atoms with E-state index in [9.17, 15) is 22.8 Å². The van der Waals surface area contributed by atoms with Gasteiger partial charge in [0.2, 0.25) is 5.78 Å². The number of carbonyl (C=O) groups excluding carboxylic acids is 2. The van der Waals surface area contributed by atoms with Crippen LogP contribution in [-0.2, 0) is 10.9 Å². The monoisotopic (exact) mass is 455 g/mol. The van der Waals surface area contributed by atoms with Crippen LogP contribution in [0.15, 0.2) is 30.5 Å². The highest BCUT2D eigenvalue weighted by Crippen LogP contribution is 2.34. The summed E-state index contributed by atoms with van der Waals surface area (Å²) in [7, 11) is 0. The summed E-state index contributed by atoms with van der Waals surface area (Å²) in [4.78, 5) is 30.9. The van der Waals surface area contributed by atoms with E-state index in [1.807, 2.05) is 0 Å². The van der Waals surface area contributed by atoms with Gasteiger partial charge in [0, 0.05) is 18.7 Å². The van der Waals surface area contributed by atoms with Crippen LogP contribution in [0.25, 0.3) is 0 Å². The first-order valence-corrected chi connectivity index (χ1v) is 10.7. The van der Waals surface area contributed by atoms with Crippen molar-refractivity contribution < 1.29 is 27.5 Å². The van der Waals surface area contributed by atoms with Gasteiger partial charge >= 0.3 is 12.3 Å². The Labute approximate surface area is 182 Å². The van der Waals surface area contributed by atoms with Gasteiger partial charge in [-0.15, -0.1) is 0 Å². The molecule has 0 bridgehead atoms. The number of likely N-dealkylation sites (tertiary alicyclic amines) is 1. The summed E-state index contributed by atoms with van der Waals surface area (Å²) in [6.45, 7) is 6.41. The molecule has 31 heavy (non-hydrogen) atoms. The number of benzene rings is 1. The van der Waals surface area contributed by atoms with Gasteiger partial charge in [-0.3, -0.25) is 4.79 Å². The molecule has 0 unspecified atom stereocenters. The second-order valence-electron chi connectivity index (χ2n) is 8.25. The van der Waals surface area contributed by atoms with Gasteiger partial charge in [-0.25, -0.2) is 9.78 Å². The fourth-order valence-corrected chi connectivity index (χ4v) is 4.11. The molecule has 1 aliphatic heterocycles. The highest BCUT2D eigenvalue weighted by Gasteiger charge is 2.35. The smallest absolute Gasteiger partial charge is 0.417 e. The van der Waals surface area contributed by atoms with Gasteiger partial charge in [0.25, 0.3) is 0 Å². The lowest BCUT2D eigenvalue weighted by atomic mass is 10.0. The number of anilines is 1. The van der Waals surface area contributed by atoms with E-state index >= 15 is 0 Å². The number of ketones is 1. The highest BCUT2D eigenvalue weighted by molar-refractivity contribution is 7.17. The average Bonchev–Trinajstić information content (AvgIpc) is 3.33. The Morgan fingerprint density at radius 3 is 2.65 bits per heavy atom. The van der Waals surface area contributed by atoms with Gasteiger partial charge in [0.05, 0.1) is 22.7 Å². The summed E-state index contributed by atoms with van der Waals surface area (Å²) >= 11 is 0.984. The number of alkyl halides is 3. The zero-order valence-electron chi connectivity index (χ0n) is 17.5. The van der Waals surface area contributed by atoms with Crippen LogP contribution in [0.4, 0.5) is 23.1 Å². The average molecular weight is 456 g/mol. The molecule has 1 aliphatic rings. The number of halogens is 3. The van der Waals surface area contributed by atoms with Crippen LogP contribution >= 0.6 is 11.3 Å². The topological polar surface area (TPSA) is 71.5 Å². The van der Waals surface area contributed by atoms with Gasteiger partial charge in [-0.05, 0) is 39.7 Å². The van der Waals surface area contributed by atoms with E-state index in [1.165, 1.54) is 18.3 Å². The molecule has 1 fully saturated rings. The van der Waals surface area contributed by atoms with E-state index in [0.29, 0.717) is 18.2 Å². The second-order valence-corrected chi connectivity index (χ2v) is 9.28. The fourth-order valence-electron chi connectivity index (χ4n) is 3.34. The Kier molecular flexibility index (Phi) is 6.59. The van der Waals surface area contributed by atoms with Crippen molar-refractivity contribution in [2.75, 3.05) is 18.4 Å². The molecule has 0 saturated carbocycles. The number of rotatable bonds is 5. The first-order valence-electron chi connectivity index (χ1n) is 9.86. The molecule has 168 valence electrons. The minimum Gasteiger partial charge on any atom is -0.444 e. The maximum Gasteiger partial charge on any atom is 0.417 e. The maximum absolute atomic E-state index is 13.2. The largest absolute Gasteiger partial charge is 0.444 e. The van der Waals surface area contributed by atoms with E-state index in [4.69, 9.17) is 4.74 Å². The normalized spacial score (nSPS) is 17.0. The molecule has 1 amide bonds. The Morgan fingerprint density at radius 2 is 1.97 bits per heavy atom. The minimum absolute atomic E-state index is 0.0937. The molecule has 3 rings (SSSR count). The van der Waals surface area contributed by atoms with Crippen LogP contribution in [0.1, 0.15) is 54.4 Å². The van der Waals surface area contributed by atoms with E-state index in [2.05, 4.69) is 10.3 Å². The van der Waals surface area contributed by atoms with Crippen LogP contribution in [-0.4, -0.2) is 46.5 Å². The lowest BCUT2D eigenvalue weighted by Gasteiger charge is -2.28. The van der Waals surface area contributed by atoms with Gasteiger partial charge in [0.15, 0.2) is 5.13 Å². The van der Waals surface area contributed by atoms with Gasteiger partial charge in [-0.1, -0.05) is 29.5 Å². The molecule has 1 N–H and O–H groups in total. The fraction of sp³-hybridized carbons (Fsp3) is 0.476. The van der Waals surface area contributed by atoms with Crippen molar-refractivity contribution in [1.82, 2.24) is 9.88 Å². The molecule has 0 spiro atoms. The predicted octanol–water partition coefficient (Wildman–Crippen LogP) is 5.20. The van der Waals surface area contributed by atoms with Crippen LogP contribution in [0.5, 0.6) is 0 Å². The first-order chi connectivity index (χ1) is 14.5. The Morgan fingerprint density at radius 1 is 1.26 bits per heavy atom. The number of nitrogens with one attached hydrogen (secondary N) is 1. The third-order valence-corrected chi connectivity index (χ3v) is 5.65. The SMILES string of the molecule is CC(C)(C)OC(=O)N1CCC[C@H]1CNc1ncc(C(=O)c2ccccc2C(F)(F)F)s1. The molecule has 1 aromatic heterocycles. The summed E-state index contributed by atoms with van der Waals surface area (Å²) in [5.41, 5.74) is -1.96. The molecule has 0 radical (unpaired) electrons. The number of nitrogens with zero attached hydrogens (tertiary/aromatic N) is 2. The molecule has 2 heterocycles. The molecule has 1 saturated heterocycles. The van der Waals surface area contributed by atoms with Crippen molar-refractivity contribution in [1.29, 1.82) is 0 Å². The van der Waals surface area contributed by atoms with Gasteiger partial charge < -0.3 is 15.0 Å². The number of carbonyl (C=O) groups is 2.